The van der Waals surface area contributed by atoms with Crippen molar-refractivity contribution in [2.24, 2.45) is 5.92 Å². The van der Waals surface area contributed by atoms with Gasteiger partial charge in [0, 0.05) is 37.5 Å². The SMILES string of the molecule is CCC1(C)CN(CCS(C)(=O)=O)C(C2CCCCC2)CN1. The van der Waals surface area contributed by atoms with E-state index in [2.05, 4.69) is 24.1 Å². The van der Waals surface area contributed by atoms with Gasteiger partial charge in [0.15, 0.2) is 0 Å². The Bertz CT molecular complexity index is 432. The second kappa shape index (κ2) is 6.97. The lowest BCUT2D eigenvalue weighted by atomic mass is 9.80. The number of piperazine rings is 1. The summed E-state index contributed by atoms with van der Waals surface area (Å²) in [7, 11) is -2.88. The van der Waals surface area contributed by atoms with Crippen LogP contribution in [0.25, 0.3) is 0 Å². The predicted molar refractivity (Wildman–Crippen MR) is 88.3 cm³/mol. The highest BCUT2D eigenvalue weighted by Crippen LogP contribution is 2.32. The maximum atomic E-state index is 11.5. The lowest BCUT2D eigenvalue weighted by molar-refractivity contribution is 0.0453. The van der Waals surface area contributed by atoms with Gasteiger partial charge in [-0.2, -0.15) is 0 Å². The molecule has 2 atom stereocenters. The van der Waals surface area contributed by atoms with E-state index in [0.29, 0.717) is 12.6 Å². The summed E-state index contributed by atoms with van der Waals surface area (Å²) in [4.78, 5) is 2.47. The van der Waals surface area contributed by atoms with Crippen molar-refractivity contribution < 1.29 is 8.42 Å². The van der Waals surface area contributed by atoms with Crippen molar-refractivity contribution in [3.63, 3.8) is 0 Å². The van der Waals surface area contributed by atoms with Crippen LogP contribution in [0.2, 0.25) is 0 Å². The van der Waals surface area contributed by atoms with Gasteiger partial charge in [-0.15, -0.1) is 0 Å². The summed E-state index contributed by atoms with van der Waals surface area (Å²) in [6, 6.07) is 0.520. The lowest BCUT2D eigenvalue weighted by Gasteiger charge is -2.49. The molecule has 21 heavy (non-hydrogen) atoms. The Hall–Kier alpha value is -0.130. The van der Waals surface area contributed by atoms with Crippen LogP contribution in [0.3, 0.4) is 0 Å². The third-order valence-corrected chi connectivity index (χ3v) is 6.41. The molecule has 0 aromatic rings. The number of hydrogen-bond acceptors (Lipinski definition) is 4. The zero-order chi connectivity index (χ0) is 15.5. The molecule has 1 heterocycles. The molecule has 2 unspecified atom stereocenters. The first kappa shape index (κ1) is 17.2. The van der Waals surface area contributed by atoms with Crippen LogP contribution in [0.15, 0.2) is 0 Å². The van der Waals surface area contributed by atoms with Gasteiger partial charge in [0.05, 0.1) is 5.75 Å². The summed E-state index contributed by atoms with van der Waals surface area (Å²) < 4.78 is 23.1. The fourth-order valence-corrected chi connectivity index (χ4v) is 4.42. The van der Waals surface area contributed by atoms with Crippen LogP contribution in [-0.2, 0) is 9.84 Å². The summed E-state index contributed by atoms with van der Waals surface area (Å²) in [6.07, 6.45) is 9.10. The second-order valence-electron chi connectivity index (χ2n) is 7.36. The van der Waals surface area contributed by atoms with Crippen LogP contribution in [0.1, 0.15) is 52.4 Å². The molecule has 0 radical (unpaired) electrons. The monoisotopic (exact) mass is 316 g/mol. The van der Waals surface area contributed by atoms with E-state index in [0.717, 1.165) is 25.4 Å². The summed E-state index contributed by atoms with van der Waals surface area (Å²) in [5, 5.41) is 3.73. The molecule has 0 amide bonds. The Morgan fingerprint density at radius 1 is 1.24 bits per heavy atom. The summed E-state index contributed by atoms with van der Waals surface area (Å²) in [5.74, 6) is 1.03. The average Bonchev–Trinajstić information content (AvgIpc) is 2.45. The Labute approximate surface area is 130 Å². The highest BCUT2D eigenvalue weighted by molar-refractivity contribution is 7.90. The molecule has 0 spiro atoms. The molecule has 0 aromatic heterocycles. The van der Waals surface area contributed by atoms with Crippen molar-refractivity contribution in [2.45, 2.75) is 64.0 Å². The zero-order valence-electron chi connectivity index (χ0n) is 13.9. The van der Waals surface area contributed by atoms with Gasteiger partial charge in [-0.05, 0) is 32.1 Å². The number of nitrogens with zero attached hydrogens (tertiary/aromatic N) is 1. The molecule has 1 saturated heterocycles. The third kappa shape index (κ3) is 4.93. The van der Waals surface area contributed by atoms with Crippen LogP contribution in [0.4, 0.5) is 0 Å². The molecule has 5 heteroatoms. The normalized spacial score (nSPS) is 33.2. The fourth-order valence-electron chi connectivity index (χ4n) is 3.85. The molecule has 4 nitrogen and oxygen atoms in total. The topological polar surface area (TPSA) is 49.4 Å². The van der Waals surface area contributed by atoms with Gasteiger partial charge in [-0.25, -0.2) is 8.42 Å². The van der Waals surface area contributed by atoms with Crippen LogP contribution >= 0.6 is 0 Å². The van der Waals surface area contributed by atoms with Crippen LogP contribution < -0.4 is 5.32 Å². The smallest absolute Gasteiger partial charge is 0.148 e. The van der Waals surface area contributed by atoms with E-state index in [4.69, 9.17) is 0 Å². The van der Waals surface area contributed by atoms with Crippen molar-refractivity contribution in [2.75, 3.05) is 31.6 Å². The van der Waals surface area contributed by atoms with Crippen LogP contribution in [0, 0.1) is 5.92 Å². The number of nitrogens with one attached hydrogen (secondary N) is 1. The van der Waals surface area contributed by atoms with E-state index in [1.165, 1.54) is 38.4 Å². The zero-order valence-corrected chi connectivity index (χ0v) is 14.7. The minimum atomic E-state index is -2.88. The third-order valence-electron chi connectivity index (χ3n) is 5.48. The van der Waals surface area contributed by atoms with Gasteiger partial charge >= 0.3 is 0 Å². The maximum absolute atomic E-state index is 11.5. The summed E-state index contributed by atoms with van der Waals surface area (Å²) >= 11 is 0. The quantitative estimate of drug-likeness (QED) is 0.843. The summed E-state index contributed by atoms with van der Waals surface area (Å²) in [5.41, 5.74) is 0.128. The van der Waals surface area contributed by atoms with Gasteiger partial charge in [-0.3, -0.25) is 4.90 Å². The van der Waals surface area contributed by atoms with Crippen LogP contribution in [-0.4, -0.2) is 56.5 Å². The highest BCUT2D eigenvalue weighted by atomic mass is 32.2. The molecular formula is C16H32N2O2S. The number of sulfone groups is 1. The molecular weight excluding hydrogens is 284 g/mol. The first-order valence-electron chi connectivity index (χ1n) is 8.50. The van der Waals surface area contributed by atoms with Gasteiger partial charge in [0.2, 0.25) is 0 Å². The number of hydrogen-bond donors (Lipinski definition) is 1. The molecule has 2 rings (SSSR count). The van der Waals surface area contributed by atoms with E-state index in [9.17, 15) is 8.42 Å². The van der Waals surface area contributed by atoms with E-state index in [1.54, 1.807) is 0 Å². The molecule has 1 saturated carbocycles. The molecule has 0 bridgehead atoms. The van der Waals surface area contributed by atoms with E-state index >= 15 is 0 Å². The van der Waals surface area contributed by atoms with Gasteiger partial charge < -0.3 is 5.32 Å². The van der Waals surface area contributed by atoms with Crippen molar-refractivity contribution in [3.8, 4) is 0 Å². The maximum Gasteiger partial charge on any atom is 0.148 e. The Kier molecular flexibility index (Phi) is 5.71. The Morgan fingerprint density at radius 3 is 2.48 bits per heavy atom. The van der Waals surface area contributed by atoms with E-state index in [1.807, 2.05) is 0 Å². The Balaban J connectivity index is 2.05. The van der Waals surface area contributed by atoms with Gasteiger partial charge in [0.25, 0.3) is 0 Å². The molecule has 1 aliphatic heterocycles. The number of rotatable bonds is 5. The average molecular weight is 317 g/mol. The molecule has 2 aliphatic rings. The molecule has 2 fully saturated rings. The minimum absolute atomic E-state index is 0.128. The summed E-state index contributed by atoms with van der Waals surface area (Å²) in [6.45, 7) is 7.15. The molecule has 0 aromatic carbocycles. The van der Waals surface area contributed by atoms with Crippen molar-refractivity contribution in [1.82, 2.24) is 10.2 Å². The minimum Gasteiger partial charge on any atom is -0.309 e. The molecule has 124 valence electrons. The van der Waals surface area contributed by atoms with Crippen molar-refractivity contribution in [1.29, 1.82) is 0 Å². The largest absolute Gasteiger partial charge is 0.309 e. The standard InChI is InChI=1S/C16H32N2O2S/c1-4-16(2)13-18(10-11-21(3,19)20)15(12-17-16)14-8-6-5-7-9-14/h14-15,17H,4-13H2,1-3H3. The Morgan fingerprint density at radius 2 is 1.90 bits per heavy atom. The van der Waals surface area contributed by atoms with Crippen molar-refractivity contribution >= 4 is 9.84 Å². The lowest BCUT2D eigenvalue weighted by Crippen LogP contribution is -2.65. The van der Waals surface area contributed by atoms with Crippen molar-refractivity contribution in [3.05, 3.63) is 0 Å². The van der Waals surface area contributed by atoms with Gasteiger partial charge in [-0.1, -0.05) is 26.2 Å². The van der Waals surface area contributed by atoms with E-state index in [-0.39, 0.29) is 11.3 Å². The first-order valence-corrected chi connectivity index (χ1v) is 10.6. The van der Waals surface area contributed by atoms with E-state index < -0.39 is 9.84 Å². The highest BCUT2D eigenvalue weighted by Gasteiger charge is 2.38. The molecule has 1 N–H and O–H groups in total. The molecule has 1 aliphatic carbocycles. The predicted octanol–water partition coefficient (Wildman–Crippen LogP) is 2.05. The van der Waals surface area contributed by atoms with Crippen LogP contribution in [0.5, 0.6) is 0 Å². The van der Waals surface area contributed by atoms with Gasteiger partial charge in [0.1, 0.15) is 9.84 Å². The fraction of sp³-hybridized carbons (Fsp3) is 1.00. The first-order chi connectivity index (χ1) is 9.83. The second-order valence-corrected chi connectivity index (χ2v) is 9.62.